The number of phenols is 1. The van der Waals surface area contributed by atoms with Crippen LogP contribution in [0.4, 0.5) is 10.1 Å². The van der Waals surface area contributed by atoms with E-state index in [9.17, 15) is 14.3 Å². The van der Waals surface area contributed by atoms with Crippen molar-refractivity contribution in [3.05, 3.63) is 53.3 Å². The van der Waals surface area contributed by atoms with Gasteiger partial charge in [0.15, 0.2) is 0 Å². The summed E-state index contributed by atoms with van der Waals surface area (Å²) in [4.78, 5) is 13.6. The van der Waals surface area contributed by atoms with Crippen LogP contribution in [0.1, 0.15) is 17.5 Å². The van der Waals surface area contributed by atoms with E-state index in [2.05, 4.69) is 0 Å². The molecule has 1 heterocycles. The predicted molar refractivity (Wildman–Crippen MR) is 80.6 cm³/mol. The molecular formula is C17H16FNO3. The van der Waals surface area contributed by atoms with Crippen molar-refractivity contribution in [2.24, 2.45) is 0 Å². The minimum absolute atomic E-state index is 0.0311. The minimum atomic E-state index is -0.491. The average molecular weight is 301 g/mol. The maximum absolute atomic E-state index is 14.2. The minimum Gasteiger partial charge on any atom is -0.508 e. The number of hydrogen-bond acceptors (Lipinski definition) is 3. The summed E-state index contributed by atoms with van der Waals surface area (Å²) in [6, 6.07) is 9.78. The highest BCUT2D eigenvalue weighted by Crippen LogP contribution is 2.37. The molecule has 1 amide bonds. The molecule has 0 saturated carbocycles. The third-order valence-electron chi connectivity index (χ3n) is 3.87. The molecule has 22 heavy (non-hydrogen) atoms. The van der Waals surface area contributed by atoms with Crippen LogP contribution in [0.15, 0.2) is 36.4 Å². The SMILES string of the molecule is COc1ccc(CN2C(=O)CCc3c(O)ccc(F)c32)cc1. The van der Waals surface area contributed by atoms with Gasteiger partial charge in [-0.15, -0.1) is 0 Å². The molecule has 0 aromatic heterocycles. The predicted octanol–water partition coefficient (Wildman–Crippen LogP) is 3.02. The Morgan fingerprint density at radius 2 is 1.91 bits per heavy atom. The lowest BCUT2D eigenvalue weighted by Gasteiger charge is -2.30. The molecule has 0 atom stereocenters. The first-order chi connectivity index (χ1) is 10.6. The molecule has 2 aromatic carbocycles. The van der Waals surface area contributed by atoms with E-state index in [0.29, 0.717) is 12.0 Å². The van der Waals surface area contributed by atoms with Gasteiger partial charge in [-0.25, -0.2) is 4.39 Å². The molecule has 2 aromatic rings. The number of aromatic hydroxyl groups is 1. The summed E-state index contributed by atoms with van der Waals surface area (Å²) >= 11 is 0. The molecule has 1 N–H and O–H groups in total. The van der Waals surface area contributed by atoms with Crippen LogP contribution >= 0.6 is 0 Å². The Morgan fingerprint density at radius 1 is 1.18 bits per heavy atom. The highest BCUT2D eigenvalue weighted by molar-refractivity contribution is 5.97. The number of amides is 1. The van der Waals surface area contributed by atoms with Crippen LogP contribution in [0, 0.1) is 5.82 Å². The van der Waals surface area contributed by atoms with Gasteiger partial charge >= 0.3 is 0 Å². The van der Waals surface area contributed by atoms with Gasteiger partial charge in [-0.3, -0.25) is 4.79 Å². The van der Waals surface area contributed by atoms with Crippen molar-refractivity contribution in [2.45, 2.75) is 19.4 Å². The lowest BCUT2D eigenvalue weighted by molar-refractivity contribution is -0.119. The van der Waals surface area contributed by atoms with Crippen molar-refractivity contribution in [1.29, 1.82) is 0 Å². The molecule has 0 unspecified atom stereocenters. The van der Waals surface area contributed by atoms with E-state index in [1.54, 1.807) is 19.2 Å². The molecule has 3 rings (SSSR count). The molecule has 114 valence electrons. The lowest BCUT2D eigenvalue weighted by atomic mass is 9.99. The van der Waals surface area contributed by atoms with E-state index >= 15 is 0 Å². The number of nitrogens with zero attached hydrogens (tertiary/aromatic N) is 1. The molecule has 1 aliphatic heterocycles. The molecule has 4 nitrogen and oxygen atoms in total. The van der Waals surface area contributed by atoms with Crippen LogP contribution < -0.4 is 9.64 Å². The Hall–Kier alpha value is -2.56. The number of rotatable bonds is 3. The second-order valence-electron chi connectivity index (χ2n) is 5.22. The number of anilines is 1. The summed E-state index contributed by atoms with van der Waals surface area (Å²) in [5.41, 5.74) is 1.55. The Balaban J connectivity index is 1.96. The molecule has 0 fully saturated rings. The Bertz CT molecular complexity index is 713. The third kappa shape index (κ3) is 2.50. The van der Waals surface area contributed by atoms with Crippen LogP contribution in [-0.4, -0.2) is 18.1 Å². The summed E-state index contributed by atoms with van der Waals surface area (Å²) in [6.07, 6.45) is 0.622. The number of halogens is 1. The summed E-state index contributed by atoms with van der Waals surface area (Å²) in [5, 5.41) is 9.90. The van der Waals surface area contributed by atoms with E-state index in [-0.39, 0.29) is 30.3 Å². The largest absolute Gasteiger partial charge is 0.508 e. The normalized spacial score (nSPS) is 13.9. The zero-order valence-corrected chi connectivity index (χ0v) is 12.2. The molecule has 0 spiro atoms. The number of hydrogen-bond donors (Lipinski definition) is 1. The summed E-state index contributed by atoms with van der Waals surface area (Å²) in [6.45, 7) is 0.260. The summed E-state index contributed by atoms with van der Waals surface area (Å²) in [5.74, 6) is 0.115. The monoisotopic (exact) mass is 301 g/mol. The fourth-order valence-corrected chi connectivity index (χ4v) is 2.71. The molecule has 0 radical (unpaired) electrons. The zero-order valence-electron chi connectivity index (χ0n) is 12.2. The van der Waals surface area contributed by atoms with Crippen molar-refractivity contribution in [1.82, 2.24) is 0 Å². The second-order valence-corrected chi connectivity index (χ2v) is 5.22. The van der Waals surface area contributed by atoms with Crippen LogP contribution in [0.3, 0.4) is 0 Å². The quantitative estimate of drug-likeness (QED) is 0.948. The Labute approximate surface area is 127 Å². The zero-order chi connectivity index (χ0) is 15.7. The lowest BCUT2D eigenvalue weighted by Crippen LogP contribution is -2.35. The van der Waals surface area contributed by atoms with E-state index in [1.165, 1.54) is 17.0 Å². The number of benzene rings is 2. The number of carbonyl (C=O) groups is 1. The molecule has 1 aliphatic rings. The van der Waals surface area contributed by atoms with Gasteiger partial charge in [0.2, 0.25) is 5.91 Å². The Kier molecular flexibility index (Phi) is 3.71. The third-order valence-corrected chi connectivity index (χ3v) is 3.87. The molecular weight excluding hydrogens is 285 g/mol. The van der Waals surface area contributed by atoms with Gasteiger partial charge in [-0.05, 0) is 36.2 Å². The number of methoxy groups -OCH3 is 1. The first-order valence-corrected chi connectivity index (χ1v) is 7.04. The van der Waals surface area contributed by atoms with E-state index < -0.39 is 5.82 Å². The average Bonchev–Trinajstić information content (AvgIpc) is 2.54. The van der Waals surface area contributed by atoms with Crippen molar-refractivity contribution < 1.29 is 19.0 Å². The summed E-state index contributed by atoms with van der Waals surface area (Å²) in [7, 11) is 1.58. The van der Waals surface area contributed by atoms with Crippen molar-refractivity contribution >= 4 is 11.6 Å². The van der Waals surface area contributed by atoms with Gasteiger partial charge < -0.3 is 14.7 Å². The fourth-order valence-electron chi connectivity index (χ4n) is 2.71. The van der Waals surface area contributed by atoms with Crippen LogP contribution in [0.5, 0.6) is 11.5 Å². The molecule has 0 bridgehead atoms. The van der Waals surface area contributed by atoms with Crippen molar-refractivity contribution in [3.63, 3.8) is 0 Å². The molecule has 0 saturated heterocycles. The van der Waals surface area contributed by atoms with E-state index in [1.807, 2.05) is 12.1 Å². The van der Waals surface area contributed by atoms with Gasteiger partial charge in [0.1, 0.15) is 17.3 Å². The van der Waals surface area contributed by atoms with Gasteiger partial charge in [-0.2, -0.15) is 0 Å². The number of phenolic OH excluding ortho intramolecular Hbond substituents is 1. The maximum atomic E-state index is 14.2. The van der Waals surface area contributed by atoms with Crippen LogP contribution in [0.25, 0.3) is 0 Å². The van der Waals surface area contributed by atoms with E-state index in [0.717, 1.165) is 11.3 Å². The van der Waals surface area contributed by atoms with Crippen LogP contribution in [0.2, 0.25) is 0 Å². The highest BCUT2D eigenvalue weighted by atomic mass is 19.1. The fraction of sp³-hybridized carbons (Fsp3) is 0.235. The molecule has 5 heteroatoms. The molecule has 0 aliphatic carbocycles. The number of ether oxygens (including phenoxy) is 1. The van der Waals surface area contributed by atoms with E-state index in [4.69, 9.17) is 4.74 Å². The van der Waals surface area contributed by atoms with Gasteiger partial charge in [0, 0.05) is 12.0 Å². The number of fused-ring (bicyclic) bond motifs is 1. The van der Waals surface area contributed by atoms with Gasteiger partial charge in [0.25, 0.3) is 0 Å². The topological polar surface area (TPSA) is 49.8 Å². The second kappa shape index (κ2) is 5.67. The smallest absolute Gasteiger partial charge is 0.227 e. The Morgan fingerprint density at radius 3 is 2.59 bits per heavy atom. The van der Waals surface area contributed by atoms with Crippen LogP contribution in [-0.2, 0) is 17.8 Å². The van der Waals surface area contributed by atoms with Gasteiger partial charge in [-0.1, -0.05) is 12.1 Å². The van der Waals surface area contributed by atoms with Crippen molar-refractivity contribution in [2.75, 3.05) is 12.0 Å². The standard InChI is InChI=1S/C17H16FNO3/c1-22-12-4-2-11(3-5-12)10-19-16(21)9-6-13-15(20)8-7-14(18)17(13)19/h2-5,7-8,20H,6,9-10H2,1H3. The number of carbonyl (C=O) groups excluding carboxylic acids is 1. The highest BCUT2D eigenvalue weighted by Gasteiger charge is 2.29. The summed E-state index contributed by atoms with van der Waals surface area (Å²) < 4.78 is 19.3. The maximum Gasteiger partial charge on any atom is 0.227 e. The van der Waals surface area contributed by atoms with Gasteiger partial charge in [0.05, 0.1) is 19.3 Å². The first kappa shape index (κ1) is 14.4. The van der Waals surface area contributed by atoms with Crippen molar-refractivity contribution in [3.8, 4) is 11.5 Å². The first-order valence-electron chi connectivity index (χ1n) is 7.04.